The topological polar surface area (TPSA) is 35.2 Å². The molecule has 0 aromatic carbocycles. The summed E-state index contributed by atoms with van der Waals surface area (Å²) in [5.74, 6) is 1.78. The largest absolute Gasteiger partial charge is 0.380 e. The molecule has 76 valence electrons. The van der Waals surface area contributed by atoms with Gasteiger partial charge in [0.25, 0.3) is 0 Å². The van der Waals surface area contributed by atoms with E-state index in [1.54, 1.807) is 7.11 Å². The lowest BCUT2D eigenvalue weighted by Crippen LogP contribution is -2.37. The van der Waals surface area contributed by atoms with Crippen molar-refractivity contribution in [3.63, 3.8) is 0 Å². The molecule has 0 amide bonds. The van der Waals surface area contributed by atoms with Crippen molar-refractivity contribution in [1.29, 1.82) is 0 Å². The van der Waals surface area contributed by atoms with E-state index in [0.29, 0.717) is 6.10 Å². The van der Waals surface area contributed by atoms with Crippen LogP contribution in [0.3, 0.4) is 0 Å². The third-order valence-electron chi connectivity index (χ3n) is 3.39. The molecule has 0 heterocycles. The number of methoxy groups -OCH3 is 1. The Balaban J connectivity index is 1.68. The maximum atomic E-state index is 6.12. The Labute approximate surface area is 80.8 Å². The highest BCUT2D eigenvalue weighted by atomic mass is 16.5. The number of hydrogen-bond donors (Lipinski definition) is 1. The molecule has 2 saturated carbocycles. The van der Waals surface area contributed by atoms with Crippen molar-refractivity contribution in [3.8, 4) is 0 Å². The first-order valence-corrected chi connectivity index (χ1v) is 5.59. The van der Waals surface area contributed by atoms with Crippen LogP contribution in [0.1, 0.15) is 38.5 Å². The SMILES string of the molecule is COC(C(N)CCC1CC1)C1CC1. The van der Waals surface area contributed by atoms with E-state index in [1.165, 1.54) is 38.5 Å². The van der Waals surface area contributed by atoms with Gasteiger partial charge in [0, 0.05) is 13.2 Å². The Morgan fingerprint density at radius 2 is 2.00 bits per heavy atom. The molecule has 2 heteroatoms. The van der Waals surface area contributed by atoms with Crippen molar-refractivity contribution < 1.29 is 4.74 Å². The number of hydrogen-bond acceptors (Lipinski definition) is 2. The van der Waals surface area contributed by atoms with Crippen molar-refractivity contribution in [2.45, 2.75) is 50.7 Å². The van der Waals surface area contributed by atoms with Gasteiger partial charge >= 0.3 is 0 Å². The van der Waals surface area contributed by atoms with Crippen LogP contribution in [0.4, 0.5) is 0 Å². The lowest BCUT2D eigenvalue weighted by molar-refractivity contribution is 0.0593. The van der Waals surface area contributed by atoms with Crippen LogP contribution in [0, 0.1) is 11.8 Å². The fraction of sp³-hybridized carbons (Fsp3) is 1.00. The van der Waals surface area contributed by atoms with Crippen LogP contribution in [0.2, 0.25) is 0 Å². The van der Waals surface area contributed by atoms with Crippen LogP contribution in [-0.4, -0.2) is 19.3 Å². The van der Waals surface area contributed by atoms with Crippen molar-refractivity contribution in [2.24, 2.45) is 17.6 Å². The van der Waals surface area contributed by atoms with E-state index in [-0.39, 0.29) is 6.04 Å². The molecule has 0 aliphatic heterocycles. The first kappa shape index (κ1) is 9.47. The summed E-state index contributed by atoms with van der Waals surface area (Å²) in [7, 11) is 1.81. The Bertz CT molecular complexity index is 163. The maximum absolute atomic E-state index is 6.12. The Morgan fingerprint density at radius 1 is 1.31 bits per heavy atom. The fourth-order valence-electron chi connectivity index (χ4n) is 2.14. The third-order valence-corrected chi connectivity index (χ3v) is 3.39. The Kier molecular flexibility index (Phi) is 2.89. The van der Waals surface area contributed by atoms with E-state index in [4.69, 9.17) is 10.5 Å². The minimum atomic E-state index is 0.290. The molecule has 0 saturated heterocycles. The molecule has 0 aromatic heterocycles. The van der Waals surface area contributed by atoms with Gasteiger partial charge in [-0.3, -0.25) is 0 Å². The minimum Gasteiger partial charge on any atom is -0.380 e. The number of ether oxygens (including phenoxy) is 1. The first-order valence-electron chi connectivity index (χ1n) is 5.59. The molecular formula is C11H21NO. The molecule has 2 aliphatic carbocycles. The van der Waals surface area contributed by atoms with E-state index < -0.39 is 0 Å². The summed E-state index contributed by atoms with van der Waals surface area (Å²) < 4.78 is 5.46. The highest BCUT2D eigenvalue weighted by molar-refractivity contribution is 4.89. The zero-order chi connectivity index (χ0) is 9.26. The predicted molar refractivity (Wildman–Crippen MR) is 53.5 cm³/mol. The average molecular weight is 183 g/mol. The van der Waals surface area contributed by atoms with E-state index in [1.807, 2.05) is 0 Å². The lowest BCUT2D eigenvalue weighted by Gasteiger charge is -2.22. The van der Waals surface area contributed by atoms with Gasteiger partial charge in [-0.05, 0) is 37.5 Å². The van der Waals surface area contributed by atoms with Gasteiger partial charge < -0.3 is 10.5 Å². The van der Waals surface area contributed by atoms with Gasteiger partial charge in [0.2, 0.25) is 0 Å². The van der Waals surface area contributed by atoms with Gasteiger partial charge in [-0.2, -0.15) is 0 Å². The van der Waals surface area contributed by atoms with Gasteiger partial charge in [0.05, 0.1) is 6.10 Å². The summed E-state index contributed by atoms with van der Waals surface area (Å²) in [6.07, 6.45) is 8.37. The molecule has 0 aromatic rings. The van der Waals surface area contributed by atoms with Crippen LogP contribution >= 0.6 is 0 Å². The molecule has 2 fully saturated rings. The fourth-order valence-corrected chi connectivity index (χ4v) is 2.14. The van der Waals surface area contributed by atoms with Crippen molar-refractivity contribution >= 4 is 0 Å². The molecule has 2 nitrogen and oxygen atoms in total. The summed E-state index contributed by atoms with van der Waals surface area (Å²) in [4.78, 5) is 0. The molecule has 2 atom stereocenters. The molecule has 2 rings (SSSR count). The summed E-state index contributed by atoms with van der Waals surface area (Å²) in [5.41, 5.74) is 6.12. The second-order valence-corrected chi connectivity index (χ2v) is 4.72. The molecular weight excluding hydrogens is 162 g/mol. The third kappa shape index (κ3) is 2.68. The van der Waals surface area contributed by atoms with E-state index in [0.717, 1.165) is 11.8 Å². The predicted octanol–water partition coefficient (Wildman–Crippen LogP) is 1.93. The molecule has 0 spiro atoms. The quantitative estimate of drug-likeness (QED) is 0.683. The highest BCUT2D eigenvalue weighted by Gasteiger charge is 2.35. The van der Waals surface area contributed by atoms with Gasteiger partial charge in [-0.25, -0.2) is 0 Å². The van der Waals surface area contributed by atoms with E-state index in [9.17, 15) is 0 Å². The molecule has 2 N–H and O–H groups in total. The van der Waals surface area contributed by atoms with Crippen LogP contribution in [0.5, 0.6) is 0 Å². The van der Waals surface area contributed by atoms with Crippen molar-refractivity contribution in [1.82, 2.24) is 0 Å². The zero-order valence-corrected chi connectivity index (χ0v) is 8.54. The summed E-state index contributed by atoms with van der Waals surface area (Å²) >= 11 is 0. The van der Waals surface area contributed by atoms with E-state index in [2.05, 4.69) is 0 Å². The maximum Gasteiger partial charge on any atom is 0.0750 e. The second kappa shape index (κ2) is 3.97. The monoisotopic (exact) mass is 183 g/mol. The van der Waals surface area contributed by atoms with Crippen LogP contribution in [0.15, 0.2) is 0 Å². The normalized spacial score (nSPS) is 27.2. The summed E-state index contributed by atoms with van der Waals surface area (Å²) in [6.45, 7) is 0. The summed E-state index contributed by atoms with van der Waals surface area (Å²) in [6, 6.07) is 0.290. The lowest BCUT2D eigenvalue weighted by atomic mass is 10.0. The van der Waals surface area contributed by atoms with Gasteiger partial charge in [-0.15, -0.1) is 0 Å². The molecule has 0 bridgehead atoms. The molecule has 2 unspecified atom stereocenters. The van der Waals surface area contributed by atoms with Crippen LogP contribution in [0.25, 0.3) is 0 Å². The van der Waals surface area contributed by atoms with Gasteiger partial charge in [0.15, 0.2) is 0 Å². The minimum absolute atomic E-state index is 0.290. The molecule has 0 radical (unpaired) electrons. The zero-order valence-electron chi connectivity index (χ0n) is 8.54. The highest BCUT2D eigenvalue weighted by Crippen LogP contribution is 2.38. The molecule has 13 heavy (non-hydrogen) atoms. The number of nitrogens with two attached hydrogens (primary N) is 1. The first-order chi connectivity index (χ1) is 6.31. The Hall–Kier alpha value is -0.0800. The van der Waals surface area contributed by atoms with Crippen LogP contribution in [-0.2, 0) is 4.74 Å². The van der Waals surface area contributed by atoms with E-state index >= 15 is 0 Å². The summed E-state index contributed by atoms with van der Waals surface area (Å²) in [5, 5.41) is 0. The van der Waals surface area contributed by atoms with Crippen LogP contribution < -0.4 is 5.73 Å². The number of rotatable bonds is 6. The Morgan fingerprint density at radius 3 is 2.46 bits per heavy atom. The van der Waals surface area contributed by atoms with Gasteiger partial charge in [0.1, 0.15) is 0 Å². The second-order valence-electron chi connectivity index (χ2n) is 4.72. The van der Waals surface area contributed by atoms with Crippen molar-refractivity contribution in [3.05, 3.63) is 0 Å². The molecule has 2 aliphatic rings. The smallest absolute Gasteiger partial charge is 0.0750 e. The standard InChI is InChI=1S/C11H21NO/c1-13-11(9-5-6-9)10(12)7-4-8-2-3-8/h8-11H,2-7,12H2,1H3. The van der Waals surface area contributed by atoms with Crippen molar-refractivity contribution in [2.75, 3.05) is 7.11 Å². The average Bonchev–Trinajstić information content (AvgIpc) is 2.97. The van der Waals surface area contributed by atoms with Gasteiger partial charge in [-0.1, -0.05) is 12.8 Å².